The van der Waals surface area contributed by atoms with Gasteiger partial charge in [-0.15, -0.1) is 10.2 Å². The Kier molecular flexibility index (Phi) is 4.35. The summed E-state index contributed by atoms with van der Waals surface area (Å²) in [6.45, 7) is 0. The molecule has 2 rings (SSSR count). The van der Waals surface area contributed by atoms with Crippen LogP contribution in [0.2, 0.25) is 0 Å². The first-order valence-corrected chi connectivity index (χ1v) is 7.74. The largest absolute Gasteiger partial charge is 0.376 e. The molecule has 6 nitrogen and oxygen atoms in total. The summed E-state index contributed by atoms with van der Waals surface area (Å²) in [5.74, 6) is 0. The van der Waals surface area contributed by atoms with Crippen LogP contribution in [0.5, 0.6) is 0 Å². The molecule has 7 heteroatoms. The Hall–Kier alpha value is -2.25. The minimum absolute atomic E-state index is 0.0453. The molecule has 0 bridgehead atoms. The van der Waals surface area contributed by atoms with Crippen LogP contribution in [0.1, 0.15) is 0 Å². The standard InChI is InChI=1S/C14H16N4O2S/c1-18(2)13-9-5-3-7-11(13)16-17-12-8-4-6-10-14(12)21(15,19)20/h3-10H,1-2H3,(H2,15,19,20). The van der Waals surface area contributed by atoms with Gasteiger partial charge in [-0.05, 0) is 24.3 Å². The summed E-state index contributed by atoms with van der Waals surface area (Å²) in [7, 11) is -0.0375. The van der Waals surface area contributed by atoms with Crippen LogP contribution in [0, 0.1) is 0 Å². The molecule has 0 aromatic heterocycles. The third kappa shape index (κ3) is 3.65. The minimum Gasteiger partial charge on any atom is -0.376 e. The van der Waals surface area contributed by atoms with E-state index in [1.807, 2.05) is 37.2 Å². The predicted molar refractivity (Wildman–Crippen MR) is 82.8 cm³/mol. The van der Waals surface area contributed by atoms with E-state index in [-0.39, 0.29) is 10.6 Å². The molecule has 0 unspecified atom stereocenters. The van der Waals surface area contributed by atoms with E-state index in [2.05, 4.69) is 10.2 Å². The van der Waals surface area contributed by atoms with E-state index in [9.17, 15) is 8.42 Å². The Balaban J connectivity index is 2.44. The predicted octanol–water partition coefficient (Wildman–Crippen LogP) is 2.82. The number of rotatable bonds is 4. The van der Waals surface area contributed by atoms with Gasteiger partial charge in [0.15, 0.2) is 0 Å². The summed E-state index contributed by atoms with van der Waals surface area (Å²) < 4.78 is 23.0. The lowest BCUT2D eigenvalue weighted by Gasteiger charge is -2.13. The van der Waals surface area contributed by atoms with Crippen LogP contribution in [0.4, 0.5) is 17.1 Å². The summed E-state index contributed by atoms with van der Waals surface area (Å²) in [5, 5.41) is 13.3. The topological polar surface area (TPSA) is 88.1 Å². The van der Waals surface area contributed by atoms with Gasteiger partial charge in [-0.2, -0.15) is 0 Å². The molecule has 0 aliphatic carbocycles. The van der Waals surface area contributed by atoms with Gasteiger partial charge in [0.1, 0.15) is 16.3 Å². The highest BCUT2D eigenvalue weighted by Gasteiger charge is 2.13. The van der Waals surface area contributed by atoms with E-state index in [4.69, 9.17) is 5.14 Å². The molecule has 0 fully saturated rings. The lowest BCUT2D eigenvalue weighted by molar-refractivity contribution is 0.598. The van der Waals surface area contributed by atoms with Crippen molar-refractivity contribution in [3.8, 4) is 0 Å². The fraction of sp³-hybridized carbons (Fsp3) is 0.143. The molecule has 110 valence electrons. The zero-order valence-corrected chi connectivity index (χ0v) is 12.6. The second-order valence-corrected chi connectivity index (χ2v) is 6.13. The molecule has 0 heterocycles. The molecule has 0 aliphatic rings. The fourth-order valence-electron chi connectivity index (χ4n) is 1.82. The van der Waals surface area contributed by atoms with Gasteiger partial charge in [0.2, 0.25) is 10.0 Å². The Labute approximate surface area is 124 Å². The van der Waals surface area contributed by atoms with Gasteiger partial charge >= 0.3 is 0 Å². The summed E-state index contributed by atoms with van der Waals surface area (Å²) >= 11 is 0. The summed E-state index contributed by atoms with van der Waals surface area (Å²) in [4.78, 5) is 1.86. The smallest absolute Gasteiger partial charge is 0.240 e. The lowest BCUT2D eigenvalue weighted by Crippen LogP contribution is -2.12. The normalized spacial score (nSPS) is 11.8. The number of primary sulfonamides is 1. The number of hydrogen-bond acceptors (Lipinski definition) is 5. The molecule has 2 aromatic rings. The van der Waals surface area contributed by atoms with Gasteiger partial charge in [-0.25, -0.2) is 13.6 Å². The molecule has 0 saturated heterocycles. The first-order chi connectivity index (χ1) is 9.89. The Morgan fingerprint density at radius 1 is 0.905 bits per heavy atom. The van der Waals surface area contributed by atoms with E-state index in [1.165, 1.54) is 6.07 Å². The van der Waals surface area contributed by atoms with Crippen molar-refractivity contribution in [3.05, 3.63) is 48.5 Å². The molecule has 2 aromatic carbocycles. The van der Waals surface area contributed by atoms with Crippen molar-refractivity contribution in [1.82, 2.24) is 0 Å². The van der Waals surface area contributed by atoms with Crippen molar-refractivity contribution < 1.29 is 8.42 Å². The van der Waals surface area contributed by atoms with Gasteiger partial charge in [0.25, 0.3) is 0 Å². The Morgan fingerprint density at radius 3 is 2.05 bits per heavy atom. The van der Waals surface area contributed by atoms with Crippen molar-refractivity contribution in [2.45, 2.75) is 4.90 Å². The van der Waals surface area contributed by atoms with Gasteiger partial charge in [0.05, 0.1) is 5.69 Å². The second-order valence-electron chi connectivity index (χ2n) is 4.60. The number of anilines is 1. The van der Waals surface area contributed by atoms with Crippen LogP contribution in [-0.2, 0) is 10.0 Å². The third-order valence-electron chi connectivity index (χ3n) is 2.80. The molecule has 0 radical (unpaired) electrons. The molecule has 0 amide bonds. The van der Waals surface area contributed by atoms with Crippen molar-refractivity contribution >= 4 is 27.1 Å². The van der Waals surface area contributed by atoms with E-state index in [0.29, 0.717) is 5.69 Å². The maximum absolute atomic E-state index is 11.5. The van der Waals surface area contributed by atoms with Crippen LogP contribution in [0.3, 0.4) is 0 Å². The van der Waals surface area contributed by atoms with Crippen LogP contribution in [0.25, 0.3) is 0 Å². The van der Waals surface area contributed by atoms with Gasteiger partial charge < -0.3 is 4.90 Å². The lowest BCUT2D eigenvalue weighted by atomic mass is 10.2. The first-order valence-electron chi connectivity index (χ1n) is 6.19. The monoisotopic (exact) mass is 304 g/mol. The molecule has 21 heavy (non-hydrogen) atoms. The number of azo groups is 1. The van der Waals surface area contributed by atoms with Crippen LogP contribution in [0.15, 0.2) is 63.7 Å². The molecular formula is C14H16N4O2S. The second kappa shape index (κ2) is 6.02. The number of hydrogen-bond donors (Lipinski definition) is 1. The van der Waals surface area contributed by atoms with Gasteiger partial charge in [-0.3, -0.25) is 0 Å². The van der Waals surface area contributed by atoms with Gasteiger partial charge in [-0.1, -0.05) is 24.3 Å². The zero-order chi connectivity index (χ0) is 15.5. The summed E-state index contributed by atoms with van der Waals surface area (Å²) in [5.41, 5.74) is 1.75. The van der Waals surface area contributed by atoms with E-state index in [1.54, 1.807) is 24.3 Å². The van der Waals surface area contributed by atoms with Crippen LogP contribution in [-0.4, -0.2) is 22.5 Å². The van der Waals surface area contributed by atoms with Gasteiger partial charge in [0, 0.05) is 14.1 Å². The molecule has 0 atom stereocenters. The molecular weight excluding hydrogens is 288 g/mol. The average molecular weight is 304 g/mol. The van der Waals surface area contributed by atoms with Crippen LogP contribution >= 0.6 is 0 Å². The van der Waals surface area contributed by atoms with Crippen LogP contribution < -0.4 is 10.0 Å². The number of para-hydroxylation sites is 1. The SMILES string of the molecule is CN(C)c1ccccc1N=Nc1ccccc1S(N)(=O)=O. The number of sulfonamides is 1. The number of benzene rings is 2. The Bertz CT molecular complexity index is 770. The van der Waals surface area contributed by atoms with Crippen molar-refractivity contribution in [3.63, 3.8) is 0 Å². The number of nitrogens with zero attached hydrogens (tertiary/aromatic N) is 3. The van der Waals surface area contributed by atoms with E-state index < -0.39 is 10.0 Å². The highest BCUT2D eigenvalue weighted by Crippen LogP contribution is 2.30. The van der Waals surface area contributed by atoms with E-state index >= 15 is 0 Å². The summed E-state index contributed by atoms with van der Waals surface area (Å²) in [6, 6.07) is 13.7. The molecule has 2 N–H and O–H groups in total. The molecule has 0 saturated carbocycles. The maximum atomic E-state index is 11.5. The minimum atomic E-state index is -3.83. The van der Waals surface area contributed by atoms with Crippen molar-refractivity contribution in [2.24, 2.45) is 15.4 Å². The average Bonchev–Trinajstić information content (AvgIpc) is 2.44. The maximum Gasteiger partial charge on any atom is 0.240 e. The zero-order valence-electron chi connectivity index (χ0n) is 11.8. The summed E-state index contributed by atoms with van der Waals surface area (Å²) in [6.07, 6.45) is 0. The first kappa shape index (κ1) is 15.1. The highest BCUT2D eigenvalue weighted by molar-refractivity contribution is 7.89. The van der Waals surface area contributed by atoms with E-state index in [0.717, 1.165) is 5.69 Å². The molecule has 0 aliphatic heterocycles. The highest BCUT2D eigenvalue weighted by atomic mass is 32.2. The number of nitrogens with two attached hydrogens (primary N) is 1. The fourth-order valence-corrected chi connectivity index (χ4v) is 2.48. The Morgan fingerprint density at radius 2 is 1.43 bits per heavy atom. The molecule has 0 spiro atoms. The quantitative estimate of drug-likeness (QED) is 0.881. The third-order valence-corrected chi connectivity index (χ3v) is 3.76. The van der Waals surface area contributed by atoms with Crippen molar-refractivity contribution in [1.29, 1.82) is 0 Å². The van der Waals surface area contributed by atoms with Crippen molar-refractivity contribution in [2.75, 3.05) is 19.0 Å².